The maximum absolute atomic E-state index is 10.4. The number of rotatable bonds is 4. The average Bonchev–Trinajstić information content (AvgIpc) is 1.85. The Labute approximate surface area is 115 Å². The van der Waals surface area contributed by atoms with Gasteiger partial charge in [-0.05, 0) is 0 Å². The average molecular weight is 301 g/mol. The molecule has 1 unspecified atom stereocenters. The quantitative estimate of drug-likeness (QED) is 0.298. The van der Waals surface area contributed by atoms with Crippen LogP contribution in [0.5, 0.6) is 0 Å². The molecular formula is C2H11CaClO8P2. The van der Waals surface area contributed by atoms with Crippen molar-refractivity contribution in [2.75, 3.05) is 13.2 Å². The van der Waals surface area contributed by atoms with Crippen molar-refractivity contribution in [3.8, 4) is 0 Å². The molecule has 14 heavy (non-hydrogen) atoms. The molecule has 86 valence electrons. The Morgan fingerprint density at radius 3 is 1.79 bits per heavy atom. The van der Waals surface area contributed by atoms with E-state index in [9.17, 15) is 9.13 Å². The summed E-state index contributed by atoms with van der Waals surface area (Å²) in [7, 11) is -8.72. The number of phosphoric acid groups is 2. The van der Waals surface area contributed by atoms with Gasteiger partial charge in [0.15, 0.2) is 0 Å². The van der Waals surface area contributed by atoms with Gasteiger partial charge < -0.3 is 19.8 Å². The van der Waals surface area contributed by atoms with Gasteiger partial charge in [0, 0.05) is 7.11 Å². The van der Waals surface area contributed by atoms with Crippen LogP contribution >= 0.6 is 27.2 Å². The summed E-state index contributed by atoms with van der Waals surface area (Å²) in [4.78, 5) is 24.4. The Kier molecular flexibility index (Phi) is 15.0. The molecule has 12 heteroatoms. The van der Waals surface area contributed by atoms with Crippen LogP contribution < -0.4 is 0 Å². The first kappa shape index (κ1) is 21.1. The number of aliphatic hydroxyl groups excluding tert-OH is 1. The first-order chi connectivity index (χ1) is 5.77. The number of alkyl halides is 1. The van der Waals surface area contributed by atoms with E-state index in [1.54, 1.807) is 0 Å². The second-order valence-electron chi connectivity index (χ2n) is 1.28. The Balaban J connectivity index is -0.000000376. The van der Waals surface area contributed by atoms with E-state index >= 15 is 0 Å². The maximum atomic E-state index is 10.4. The number of hydrogen-bond acceptors (Lipinski definition) is 5. The third-order valence-electron chi connectivity index (χ3n) is 0.421. The van der Waals surface area contributed by atoms with Crippen LogP contribution in [-0.4, -0.2) is 70.7 Å². The molecule has 0 aromatic rings. The van der Waals surface area contributed by atoms with E-state index in [2.05, 4.69) is 8.83 Å². The molecule has 1 atom stereocenters. The molecule has 0 rings (SSSR count). The molecule has 0 amide bonds. The minimum atomic E-state index is -5.01. The van der Waals surface area contributed by atoms with Crippen molar-refractivity contribution in [1.29, 1.82) is 0 Å². The summed E-state index contributed by atoms with van der Waals surface area (Å²) in [6.07, 6.45) is 0. The predicted molar refractivity (Wildman–Crippen MR) is 51.4 cm³/mol. The molecule has 0 aromatic heterocycles. The summed E-state index contributed by atoms with van der Waals surface area (Å²) in [5, 5.41) is 7.00. The summed E-state index contributed by atoms with van der Waals surface area (Å²) >= 11 is 4.83. The SMILES string of the molecule is CO.O=P(O)(O)OP(=O)(O)OCCl.[CaH2]. The summed E-state index contributed by atoms with van der Waals surface area (Å²) in [5.41, 5.74) is 0. The predicted octanol–water partition coefficient (Wildman–Crippen LogP) is -0.899. The van der Waals surface area contributed by atoms with Crippen molar-refractivity contribution in [3.05, 3.63) is 0 Å². The number of hydrogen-bond donors (Lipinski definition) is 4. The molecule has 0 bridgehead atoms. The summed E-state index contributed by atoms with van der Waals surface area (Å²) < 4.78 is 27.4. The zero-order valence-electron chi connectivity index (χ0n) is 6.40. The molecule has 0 radical (unpaired) electrons. The number of aliphatic hydroxyl groups is 1. The third-order valence-corrected chi connectivity index (χ3v) is 2.81. The van der Waals surface area contributed by atoms with E-state index in [1.165, 1.54) is 0 Å². The van der Waals surface area contributed by atoms with Gasteiger partial charge in [-0.2, -0.15) is 4.31 Å². The number of phosphoric ester groups is 1. The van der Waals surface area contributed by atoms with Gasteiger partial charge in [0.25, 0.3) is 0 Å². The van der Waals surface area contributed by atoms with E-state index in [4.69, 9.17) is 31.4 Å². The summed E-state index contributed by atoms with van der Waals surface area (Å²) in [5.74, 6) is 0. The molecule has 0 aliphatic carbocycles. The topological polar surface area (TPSA) is 134 Å². The minimum absolute atomic E-state index is 0. The van der Waals surface area contributed by atoms with E-state index in [0.717, 1.165) is 7.11 Å². The normalized spacial score (nSPS) is 14.4. The molecule has 4 N–H and O–H groups in total. The van der Waals surface area contributed by atoms with E-state index < -0.39 is 21.7 Å². The Morgan fingerprint density at radius 1 is 1.21 bits per heavy atom. The molecule has 8 nitrogen and oxygen atoms in total. The van der Waals surface area contributed by atoms with Gasteiger partial charge >= 0.3 is 53.4 Å². The van der Waals surface area contributed by atoms with Crippen LogP contribution in [0.25, 0.3) is 0 Å². The Hall–Kier alpha value is 1.77. The van der Waals surface area contributed by atoms with Gasteiger partial charge in [0.2, 0.25) is 0 Å². The van der Waals surface area contributed by atoms with Crippen LogP contribution in [0.15, 0.2) is 0 Å². The van der Waals surface area contributed by atoms with Crippen LogP contribution in [0.4, 0.5) is 0 Å². The molecule has 0 heterocycles. The fraction of sp³-hybridized carbons (Fsp3) is 1.00. The molecular weight excluding hydrogens is 289 g/mol. The van der Waals surface area contributed by atoms with Crippen molar-refractivity contribution in [1.82, 2.24) is 0 Å². The second kappa shape index (κ2) is 9.96. The van der Waals surface area contributed by atoms with Gasteiger partial charge in [-0.1, -0.05) is 11.6 Å². The second-order valence-corrected chi connectivity index (χ2v) is 4.33. The molecule has 0 saturated heterocycles. The Morgan fingerprint density at radius 2 is 1.57 bits per heavy atom. The monoisotopic (exact) mass is 300 g/mol. The van der Waals surface area contributed by atoms with Crippen LogP contribution in [0.2, 0.25) is 0 Å². The molecule has 0 aromatic carbocycles. The molecule has 0 saturated carbocycles. The fourth-order valence-electron chi connectivity index (χ4n) is 0.220. The first-order valence-corrected chi connectivity index (χ1v) is 6.08. The van der Waals surface area contributed by atoms with Crippen LogP contribution in [0, 0.1) is 0 Å². The van der Waals surface area contributed by atoms with Crippen molar-refractivity contribution in [2.45, 2.75) is 0 Å². The molecule has 0 spiro atoms. The number of halogens is 1. The van der Waals surface area contributed by atoms with Gasteiger partial charge in [-0.25, -0.2) is 9.13 Å². The van der Waals surface area contributed by atoms with Crippen LogP contribution in [0.1, 0.15) is 0 Å². The molecule has 0 aliphatic heterocycles. The fourth-order valence-corrected chi connectivity index (χ4v) is 1.98. The zero-order chi connectivity index (χ0) is 11.1. The summed E-state index contributed by atoms with van der Waals surface area (Å²) in [6.45, 7) is 0. The van der Waals surface area contributed by atoms with Gasteiger partial charge in [-0.3, -0.25) is 4.52 Å². The van der Waals surface area contributed by atoms with Crippen molar-refractivity contribution >= 4 is 65.0 Å². The molecule has 0 fully saturated rings. The van der Waals surface area contributed by atoms with Crippen LogP contribution in [-0.2, 0) is 18.0 Å². The standard InChI is InChI=1S/CH5ClO7P2.CH4O.Ca.2H/c2-1-8-11(6,7)9-10(3,4)5;1-2;;;/h1H2,(H,6,7)(H2,3,4,5);2H,1H3;;;. The van der Waals surface area contributed by atoms with Crippen molar-refractivity contribution in [2.24, 2.45) is 0 Å². The Bertz CT molecular complexity index is 215. The van der Waals surface area contributed by atoms with E-state index in [-0.39, 0.29) is 37.7 Å². The van der Waals surface area contributed by atoms with E-state index in [1.807, 2.05) is 0 Å². The van der Waals surface area contributed by atoms with Crippen LogP contribution in [0.3, 0.4) is 0 Å². The van der Waals surface area contributed by atoms with E-state index in [0.29, 0.717) is 0 Å². The molecule has 0 aliphatic rings. The summed E-state index contributed by atoms with van der Waals surface area (Å²) in [6, 6.07) is -0.701. The van der Waals surface area contributed by atoms with Gasteiger partial charge in [0.1, 0.15) is 6.07 Å². The zero-order valence-corrected chi connectivity index (χ0v) is 8.95. The van der Waals surface area contributed by atoms with Gasteiger partial charge in [0.05, 0.1) is 0 Å². The first-order valence-electron chi connectivity index (χ1n) is 2.52. The van der Waals surface area contributed by atoms with Crippen molar-refractivity contribution < 1.29 is 37.8 Å². The van der Waals surface area contributed by atoms with Crippen molar-refractivity contribution in [3.63, 3.8) is 0 Å². The van der Waals surface area contributed by atoms with Gasteiger partial charge in [-0.15, -0.1) is 0 Å². The third kappa shape index (κ3) is 16.2.